The quantitative estimate of drug-likeness (QED) is 0.364. The van der Waals surface area contributed by atoms with Crippen molar-refractivity contribution >= 4 is 54.5 Å². The smallest absolute Gasteiger partial charge is 0.303 e. The first-order chi connectivity index (χ1) is 15.2. The number of pyridine rings is 1. The molecule has 0 aliphatic carbocycles. The first kappa shape index (κ1) is 23.3. The van der Waals surface area contributed by atoms with Crippen LogP contribution < -0.4 is 4.90 Å². The average molecular weight is 563 g/mol. The predicted octanol–water partition coefficient (Wildman–Crippen LogP) is 6.98. The molecule has 1 N–H and O–H groups in total. The van der Waals surface area contributed by atoms with E-state index in [9.17, 15) is 4.79 Å². The van der Waals surface area contributed by atoms with E-state index in [0.717, 1.165) is 51.9 Å². The van der Waals surface area contributed by atoms with Crippen LogP contribution in [0.5, 0.6) is 0 Å². The number of halogens is 2. The molecule has 0 amide bonds. The third-order valence-electron chi connectivity index (χ3n) is 6.42. The lowest BCUT2D eigenvalue weighted by Gasteiger charge is -2.33. The molecular formula is C25H29Br2N3O2. The van der Waals surface area contributed by atoms with Gasteiger partial charge in [-0.2, -0.15) is 0 Å². The highest BCUT2D eigenvalue weighted by Gasteiger charge is 2.25. The summed E-state index contributed by atoms with van der Waals surface area (Å²) in [6, 6.07) is 6.55. The van der Waals surface area contributed by atoms with Gasteiger partial charge in [0.15, 0.2) is 0 Å². The predicted molar refractivity (Wildman–Crippen MR) is 137 cm³/mol. The summed E-state index contributed by atoms with van der Waals surface area (Å²) >= 11 is 7.60. The number of carboxylic acids is 1. The number of aromatic nitrogens is 2. The van der Waals surface area contributed by atoms with Crippen LogP contribution in [0.2, 0.25) is 0 Å². The second kappa shape index (κ2) is 9.18. The van der Waals surface area contributed by atoms with Crippen molar-refractivity contribution in [2.24, 2.45) is 5.92 Å². The number of fused-ring (bicyclic) bond motifs is 1. The van der Waals surface area contributed by atoms with Gasteiger partial charge < -0.3 is 10.0 Å². The van der Waals surface area contributed by atoms with Gasteiger partial charge in [-0.25, -0.2) is 4.98 Å². The van der Waals surface area contributed by atoms with Crippen LogP contribution in [0.1, 0.15) is 55.8 Å². The number of hydrogen-bond donors (Lipinski definition) is 1. The van der Waals surface area contributed by atoms with Gasteiger partial charge >= 0.3 is 5.97 Å². The normalized spacial score (nSPS) is 15.2. The van der Waals surface area contributed by atoms with Crippen LogP contribution in [0.4, 0.5) is 5.69 Å². The van der Waals surface area contributed by atoms with Gasteiger partial charge in [-0.3, -0.25) is 9.36 Å². The maximum atomic E-state index is 11.1. The molecule has 1 aliphatic rings. The molecule has 1 saturated heterocycles. The van der Waals surface area contributed by atoms with Gasteiger partial charge in [-0.15, -0.1) is 0 Å². The largest absolute Gasteiger partial charge is 0.481 e. The molecule has 0 radical (unpaired) electrons. The molecule has 32 heavy (non-hydrogen) atoms. The summed E-state index contributed by atoms with van der Waals surface area (Å²) in [6.07, 6.45) is 4.24. The van der Waals surface area contributed by atoms with Crippen molar-refractivity contribution in [2.45, 2.75) is 52.9 Å². The highest BCUT2D eigenvalue weighted by atomic mass is 79.9. The van der Waals surface area contributed by atoms with Crippen molar-refractivity contribution in [1.82, 2.24) is 9.55 Å². The van der Waals surface area contributed by atoms with Crippen molar-refractivity contribution < 1.29 is 9.90 Å². The molecule has 4 rings (SSSR count). The van der Waals surface area contributed by atoms with Gasteiger partial charge in [0.2, 0.25) is 0 Å². The summed E-state index contributed by atoms with van der Waals surface area (Å²) in [5.41, 5.74) is 6.63. The summed E-state index contributed by atoms with van der Waals surface area (Å²) in [6.45, 7) is 10.3. The van der Waals surface area contributed by atoms with E-state index >= 15 is 0 Å². The minimum atomic E-state index is -0.696. The molecule has 3 heterocycles. The maximum absolute atomic E-state index is 11.1. The van der Waals surface area contributed by atoms with Gasteiger partial charge in [-0.1, -0.05) is 13.8 Å². The zero-order chi connectivity index (χ0) is 23.2. The summed E-state index contributed by atoms with van der Waals surface area (Å²) < 4.78 is 4.25. The van der Waals surface area contributed by atoms with Crippen LogP contribution in [0, 0.1) is 19.8 Å². The summed E-state index contributed by atoms with van der Waals surface area (Å²) in [5.74, 6) is 0.00762. The Morgan fingerprint density at radius 3 is 2.34 bits per heavy atom. The van der Waals surface area contributed by atoms with Crippen LogP contribution in [0.15, 0.2) is 33.3 Å². The van der Waals surface area contributed by atoms with Gasteiger partial charge in [0.05, 0.1) is 5.69 Å². The second-order valence-corrected chi connectivity index (χ2v) is 10.9. The van der Waals surface area contributed by atoms with E-state index in [1.807, 2.05) is 6.92 Å². The van der Waals surface area contributed by atoms with Crippen molar-refractivity contribution in [3.8, 4) is 5.69 Å². The Hall–Kier alpha value is -1.86. The monoisotopic (exact) mass is 561 g/mol. The van der Waals surface area contributed by atoms with Crippen molar-refractivity contribution in [1.29, 1.82) is 0 Å². The summed E-state index contributed by atoms with van der Waals surface area (Å²) in [5, 5.41) is 10.3. The number of aryl methyl sites for hydroxylation is 2. The lowest BCUT2D eigenvalue weighted by molar-refractivity contribution is -0.138. The zero-order valence-corrected chi connectivity index (χ0v) is 22.1. The third-order valence-corrected chi connectivity index (χ3v) is 7.63. The number of rotatable bonds is 5. The number of anilines is 1. The van der Waals surface area contributed by atoms with Crippen molar-refractivity contribution in [2.75, 3.05) is 18.0 Å². The van der Waals surface area contributed by atoms with Gasteiger partial charge in [0.1, 0.15) is 5.65 Å². The molecule has 5 nitrogen and oxygen atoms in total. The molecule has 170 valence electrons. The van der Waals surface area contributed by atoms with Gasteiger partial charge in [0.25, 0.3) is 0 Å². The Bertz CT molecular complexity index is 1150. The molecular weight excluding hydrogens is 534 g/mol. The highest BCUT2D eigenvalue weighted by Crippen LogP contribution is 2.39. The van der Waals surface area contributed by atoms with E-state index in [4.69, 9.17) is 10.1 Å². The molecule has 3 aromatic rings. The van der Waals surface area contributed by atoms with E-state index in [1.54, 1.807) is 0 Å². The van der Waals surface area contributed by atoms with Crippen LogP contribution >= 0.6 is 31.9 Å². The first-order valence-electron chi connectivity index (χ1n) is 11.1. The number of piperidine rings is 1. The molecule has 7 heteroatoms. The molecule has 0 atom stereocenters. The average Bonchev–Trinajstić information content (AvgIpc) is 3.03. The molecule has 0 spiro atoms. The van der Waals surface area contributed by atoms with Crippen LogP contribution in [-0.4, -0.2) is 33.7 Å². The Kier molecular flexibility index (Phi) is 6.68. The molecule has 0 unspecified atom stereocenters. The number of nitrogens with zero attached hydrogens (tertiary/aromatic N) is 3. The highest BCUT2D eigenvalue weighted by molar-refractivity contribution is 9.11. The minimum absolute atomic E-state index is 0.263. The van der Waals surface area contributed by atoms with Crippen molar-refractivity contribution in [3.63, 3.8) is 0 Å². The van der Waals surface area contributed by atoms with E-state index < -0.39 is 5.97 Å². The van der Waals surface area contributed by atoms with E-state index in [1.165, 1.54) is 22.2 Å². The SMILES string of the molecule is Cc1cc(N2CCC(CC(=O)O)CC2)c2c(C)cn(-c3c(Br)cc(C(C)C)cc3Br)c2n1. The van der Waals surface area contributed by atoms with Gasteiger partial charge in [0, 0.05) is 51.4 Å². The lowest BCUT2D eigenvalue weighted by Crippen LogP contribution is -2.34. The van der Waals surface area contributed by atoms with Crippen LogP contribution in [0.25, 0.3) is 16.7 Å². The molecule has 1 aromatic carbocycles. The summed E-state index contributed by atoms with van der Waals surface area (Å²) in [7, 11) is 0. The number of hydrogen-bond acceptors (Lipinski definition) is 3. The Morgan fingerprint density at radius 2 is 1.78 bits per heavy atom. The van der Waals surface area contributed by atoms with E-state index in [-0.39, 0.29) is 12.3 Å². The minimum Gasteiger partial charge on any atom is -0.481 e. The fraction of sp³-hybridized carbons (Fsp3) is 0.440. The molecule has 0 saturated carbocycles. The van der Waals surface area contributed by atoms with Crippen LogP contribution in [-0.2, 0) is 4.79 Å². The fourth-order valence-electron chi connectivity index (χ4n) is 4.71. The fourth-order valence-corrected chi connectivity index (χ4v) is 6.31. The second-order valence-electron chi connectivity index (χ2n) is 9.18. The van der Waals surface area contributed by atoms with Crippen LogP contribution in [0.3, 0.4) is 0 Å². The maximum Gasteiger partial charge on any atom is 0.303 e. The molecule has 0 bridgehead atoms. The first-order valence-corrected chi connectivity index (χ1v) is 12.7. The Balaban J connectivity index is 1.78. The van der Waals surface area contributed by atoms with E-state index in [2.05, 4.69) is 86.5 Å². The number of carboxylic acid groups (broad SMARTS) is 1. The topological polar surface area (TPSA) is 58.4 Å². The molecule has 2 aromatic heterocycles. The van der Waals surface area contributed by atoms with Crippen molar-refractivity contribution in [3.05, 3.63) is 50.2 Å². The lowest BCUT2D eigenvalue weighted by atomic mass is 9.93. The third kappa shape index (κ3) is 4.46. The number of aliphatic carboxylic acids is 1. The number of carbonyl (C=O) groups is 1. The van der Waals surface area contributed by atoms with E-state index in [0.29, 0.717) is 5.92 Å². The Morgan fingerprint density at radius 1 is 1.16 bits per heavy atom. The number of benzene rings is 1. The summed E-state index contributed by atoms with van der Waals surface area (Å²) in [4.78, 5) is 18.4. The standard InChI is InChI=1S/C25H29Br2N3O2/c1-14(2)18-11-19(26)24(20(27)12-18)30-13-15(3)23-21(9-16(4)28-25(23)30)29-7-5-17(6-8-29)10-22(31)32/h9,11-14,17H,5-8,10H2,1-4H3,(H,31,32). The Labute approximate surface area is 206 Å². The molecule has 1 fully saturated rings. The molecule has 1 aliphatic heterocycles. The van der Waals surface area contributed by atoms with Gasteiger partial charge in [-0.05, 0) is 99.7 Å². The zero-order valence-electron chi connectivity index (χ0n) is 19.0.